The fourth-order valence-corrected chi connectivity index (χ4v) is 3.02. The van der Waals surface area contributed by atoms with E-state index >= 15 is 0 Å². The third-order valence-electron chi connectivity index (χ3n) is 4.06. The lowest BCUT2D eigenvalue weighted by Gasteiger charge is -2.09. The molecule has 0 aliphatic carbocycles. The zero-order valence-electron chi connectivity index (χ0n) is 12.8. The first-order chi connectivity index (χ1) is 12.1. The number of halogens is 1. The van der Waals surface area contributed by atoms with Gasteiger partial charge in [0, 0.05) is 22.2 Å². The molecule has 4 aromatic rings. The molecule has 0 radical (unpaired) electrons. The Kier molecular flexibility index (Phi) is 3.41. The molecule has 0 atom stereocenters. The van der Waals surface area contributed by atoms with E-state index in [1.807, 2.05) is 0 Å². The molecule has 6 heteroatoms. The molecule has 4 rings (SSSR count). The Morgan fingerprint density at radius 3 is 2.64 bits per heavy atom. The number of fused-ring (bicyclic) bond motifs is 2. The Bertz CT molecular complexity index is 1300. The predicted molar refractivity (Wildman–Crippen MR) is 94.5 cm³/mol. The van der Waals surface area contributed by atoms with Crippen molar-refractivity contribution < 1.29 is 4.42 Å². The van der Waals surface area contributed by atoms with Crippen molar-refractivity contribution in [2.45, 2.75) is 0 Å². The van der Waals surface area contributed by atoms with Crippen LogP contribution >= 0.6 is 11.6 Å². The molecule has 0 saturated carbocycles. The molecule has 0 bridgehead atoms. The number of nitrogens with zero attached hydrogens (tertiary/aromatic N) is 2. The molecule has 120 valence electrons. The molecule has 0 amide bonds. The summed E-state index contributed by atoms with van der Waals surface area (Å²) in [5.74, 6) is 0.324. The first-order valence-electron chi connectivity index (χ1n) is 7.42. The summed E-state index contributed by atoms with van der Waals surface area (Å²) in [5.41, 5.74) is 0.896. The number of nitrogens with one attached hydrogen (secondary N) is 1. The van der Waals surface area contributed by atoms with E-state index in [2.05, 4.69) is 6.07 Å². The highest BCUT2D eigenvalue weighted by molar-refractivity contribution is 6.30. The van der Waals surface area contributed by atoms with E-state index in [0.717, 1.165) is 0 Å². The normalized spacial score (nSPS) is 10.9. The summed E-state index contributed by atoms with van der Waals surface area (Å²) in [6.07, 6.45) is 1.64. The highest BCUT2D eigenvalue weighted by Crippen LogP contribution is 2.25. The van der Waals surface area contributed by atoms with Crippen LogP contribution in [-0.2, 0) is 0 Å². The average molecular weight is 348 g/mol. The Hall–Kier alpha value is -3.36. The van der Waals surface area contributed by atoms with Gasteiger partial charge in [0.2, 0.25) is 0 Å². The van der Waals surface area contributed by atoms with Crippen molar-refractivity contribution in [2.24, 2.45) is 0 Å². The maximum Gasteiger partial charge on any atom is 0.348 e. The fourth-order valence-electron chi connectivity index (χ4n) is 2.89. The van der Waals surface area contributed by atoms with Crippen LogP contribution < -0.4 is 11.1 Å². The van der Waals surface area contributed by atoms with Gasteiger partial charge in [-0.25, -0.2) is 4.79 Å². The molecule has 3 aromatic heterocycles. The summed E-state index contributed by atoms with van der Waals surface area (Å²) in [7, 11) is 0. The number of pyridine rings is 2. The van der Waals surface area contributed by atoms with Crippen LogP contribution in [0.2, 0.25) is 5.02 Å². The largest absolute Gasteiger partial charge is 0.422 e. The molecule has 3 heterocycles. The number of rotatable bonds is 1. The van der Waals surface area contributed by atoms with Gasteiger partial charge in [-0.05, 0) is 42.5 Å². The topological polar surface area (TPSA) is 82.3 Å². The summed E-state index contributed by atoms with van der Waals surface area (Å²) >= 11 is 5.90. The van der Waals surface area contributed by atoms with Crippen LogP contribution in [0.3, 0.4) is 0 Å². The quantitative estimate of drug-likeness (QED) is 0.533. The van der Waals surface area contributed by atoms with E-state index in [-0.39, 0.29) is 10.9 Å². The fraction of sp³-hybridized carbons (Fsp3) is 0. The van der Waals surface area contributed by atoms with Gasteiger partial charge in [-0.1, -0.05) is 17.7 Å². The smallest absolute Gasteiger partial charge is 0.348 e. The third kappa shape index (κ3) is 2.32. The van der Waals surface area contributed by atoms with Crippen LogP contribution in [0.4, 0.5) is 0 Å². The predicted octanol–water partition coefficient (Wildman–Crippen LogP) is 3.72. The summed E-state index contributed by atoms with van der Waals surface area (Å²) in [5, 5.41) is 19.0. The van der Waals surface area contributed by atoms with Gasteiger partial charge < -0.3 is 8.82 Å². The molecule has 5 nitrogen and oxygen atoms in total. The Morgan fingerprint density at radius 2 is 1.92 bits per heavy atom. The van der Waals surface area contributed by atoms with Crippen LogP contribution in [0.1, 0.15) is 5.56 Å². The van der Waals surface area contributed by atoms with Crippen molar-refractivity contribution in [3.8, 4) is 17.4 Å². The Balaban J connectivity index is 2.18. The van der Waals surface area contributed by atoms with Crippen LogP contribution in [0.5, 0.6) is 0 Å². The van der Waals surface area contributed by atoms with Gasteiger partial charge in [-0.3, -0.25) is 5.41 Å². The maximum absolute atomic E-state index is 12.5. The molecule has 1 aromatic carbocycles. The van der Waals surface area contributed by atoms with Crippen molar-refractivity contribution >= 4 is 27.9 Å². The molecule has 25 heavy (non-hydrogen) atoms. The zero-order chi connectivity index (χ0) is 17.6. The Morgan fingerprint density at radius 1 is 1.16 bits per heavy atom. The highest BCUT2D eigenvalue weighted by Gasteiger charge is 2.15. The van der Waals surface area contributed by atoms with Crippen molar-refractivity contribution in [3.63, 3.8) is 0 Å². The van der Waals surface area contributed by atoms with E-state index in [4.69, 9.17) is 21.4 Å². The van der Waals surface area contributed by atoms with E-state index in [1.165, 1.54) is 4.40 Å². The van der Waals surface area contributed by atoms with E-state index in [1.54, 1.807) is 54.7 Å². The summed E-state index contributed by atoms with van der Waals surface area (Å²) in [6.45, 7) is 0. The second-order valence-electron chi connectivity index (χ2n) is 5.48. The van der Waals surface area contributed by atoms with Crippen molar-refractivity contribution in [2.75, 3.05) is 0 Å². The summed E-state index contributed by atoms with van der Waals surface area (Å²) in [4.78, 5) is 12.5. The number of hydrogen-bond acceptors (Lipinski definition) is 4. The van der Waals surface area contributed by atoms with E-state index < -0.39 is 5.63 Å². The maximum atomic E-state index is 12.5. The van der Waals surface area contributed by atoms with E-state index in [0.29, 0.717) is 32.8 Å². The third-order valence-corrected chi connectivity index (χ3v) is 4.31. The van der Waals surface area contributed by atoms with Gasteiger partial charge in [0.25, 0.3) is 0 Å². The molecule has 0 aliphatic heterocycles. The lowest BCUT2D eigenvalue weighted by Crippen LogP contribution is -2.21. The van der Waals surface area contributed by atoms with Gasteiger partial charge >= 0.3 is 5.63 Å². The average Bonchev–Trinajstić information content (AvgIpc) is 2.62. The molecule has 0 spiro atoms. The first-order valence-corrected chi connectivity index (χ1v) is 7.80. The highest BCUT2D eigenvalue weighted by atomic mass is 35.5. The monoisotopic (exact) mass is 347 g/mol. The Labute approximate surface area is 146 Å². The number of benzene rings is 1. The zero-order valence-corrected chi connectivity index (χ0v) is 13.5. The van der Waals surface area contributed by atoms with Crippen molar-refractivity contribution in [1.29, 1.82) is 10.7 Å². The van der Waals surface area contributed by atoms with Crippen molar-refractivity contribution in [3.05, 3.63) is 81.2 Å². The molecule has 0 fully saturated rings. The molecular weight excluding hydrogens is 338 g/mol. The van der Waals surface area contributed by atoms with Gasteiger partial charge in [0.05, 0.1) is 11.1 Å². The number of hydrogen-bond donors (Lipinski definition) is 1. The van der Waals surface area contributed by atoms with Gasteiger partial charge in [-0.15, -0.1) is 0 Å². The second-order valence-corrected chi connectivity index (χ2v) is 5.92. The lowest BCUT2D eigenvalue weighted by molar-refractivity contribution is 0.533. The van der Waals surface area contributed by atoms with Gasteiger partial charge in [-0.2, -0.15) is 5.26 Å². The SMILES string of the molecule is N#Cc1c2cc(-c3ccc(Cl)cc3)oc(=O)c2c(=N)n2ccccc12. The molecule has 0 unspecified atom stereocenters. The number of nitriles is 1. The minimum atomic E-state index is -0.651. The summed E-state index contributed by atoms with van der Waals surface area (Å²) < 4.78 is 6.90. The molecule has 1 N–H and O–H groups in total. The molecular formula is C19H10ClN3O2. The van der Waals surface area contributed by atoms with Gasteiger partial charge in [0.15, 0.2) is 0 Å². The lowest BCUT2D eigenvalue weighted by atomic mass is 10.0. The standard InChI is InChI=1S/C19H10ClN3O2/c20-12-6-4-11(5-7-12)16-9-13-14(10-21)15-3-1-2-8-23(15)18(22)17(13)19(24)25-16/h1-9,22H. The van der Waals surface area contributed by atoms with Gasteiger partial charge in [0.1, 0.15) is 22.7 Å². The van der Waals surface area contributed by atoms with Crippen LogP contribution in [0.25, 0.3) is 27.6 Å². The minimum absolute atomic E-state index is 0.0130. The number of aromatic nitrogens is 1. The van der Waals surface area contributed by atoms with Crippen LogP contribution in [0.15, 0.2) is 63.9 Å². The second kappa shape index (κ2) is 5.62. The summed E-state index contributed by atoms with van der Waals surface area (Å²) in [6, 6.07) is 15.9. The van der Waals surface area contributed by atoms with Crippen molar-refractivity contribution in [1.82, 2.24) is 4.40 Å². The van der Waals surface area contributed by atoms with E-state index in [9.17, 15) is 10.1 Å². The molecule has 0 saturated heterocycles. The van der Waals surface area contributed by atoms with Crippen LogP contribution in [0, 0.1) is 16.7 Å². The minimum Gasteiger partial charge on any atom is -0.422 e. The van der Waals surface area contributed by atoms with Crippen LogP contribution in [-0.4, -0.2) is 4.40 Å². The molecule has 0 aliphatic rings. The first kappa shape index (κ1) is 15.2.